The summed E-state index contributed by atoms with van der Waals surface area (Å²) in [5.41, 5.74) is 3.01. The second-order valence-electron chi connectivity index (χ2n) is 6.27. The molecule has 1 aliphatic carbocycles. The normalized spacial score (nSPS) is 16.3. The van der Waals surface area contributed by atoms with Crippen LogP contribution in [0.15, 0.2) is 55.1 Å². The minimum absolute atomic E-state index is 0.0726. The molecule has 0 radical (unpaired) electrons. The van der Waals surface area contributed by atoms with Gasteiger partial charge in [-0.2, -0.15) is 0 Å². The highest BCUT2D eigenvalue weighted by molar-refractivity contribution is 5.92. The third kappa shape index (κ3) is 2.91. The van der Waals surface area contributed by atoms with Crippen molar-refractivity contribution in [2.75, 3.05) is 7.05 Å². The van der Waals surface area contributed by atoms with Crippen molar-refractivity contribution < 1.29 is 4.79 Å². The van der Waals surface area contributed by atoms with Gasteiger partial charge in [0.2, 0.25) is 0 Å². The lowest BCUT2D eigenvalue weighted by Gasteiger charge is -2.33. The molecule has 3 aromatic rings. The zero-order valence-electron chi connectivity index (χ0n) is 14.0. The van der Waals surface area contributed by atoms with Crippen LogP contribution in [-0.2, 0) is 6.42 Å². The van der Waals surface area contributed by atoms with Crippen LogP contribution in [0, 0.1) is 0 Å². The van der Waals surface area contributed by atoms with Crippen molar-refractivity contribution in [1.82, 2.24) is 24.6 Å². The average Bonchev–Trinajstić information content (AvgIpc) is 3.21. The van der Waals surface area contributed by atoms with Crippen LogP contribution in [0.2, 0.25) is 0 Å². The summed E-state index contributed by atoms with van der Waals surface area (Å²) in [7, 11) is 1.86. The van der Waals surface area contributed by atoms with E-state index < -0.39 is 0 Å². The van der Waals surface area contributed by atoms with Gasteiger partial charge in [-0.3, -0.25) is 9.36 Å². The molecule has 0 N–H and O–H groups in total. The monoisotopic (exact) mass is 333 g/mol. The first-order chi connectivity index (χ1) is 12.2. The van der Waals surface area contributed by atoms with Gasteiger partial charge in [0, 0.05) is 7.05 Å². The summed E-state index contributed by atoms with van der Waals surface area (Å²) in [5, 5.41) is 7.57. The molecule has 0 aliphatic heterocycles. The van der Waals surface area contributed by atoms with Crippen LogP contribution >= 0.6 is 0 Å². The van der Waals surface area contributed by atoms with Crippen LogP contribution in [0.25, 0.3) is 5.82 Å². The van der Waals surface area contributed by atoms with Gasteiger partial charge in [-0.05, 0) is 42.5 Å². The van der Waals surface area contributed by atoms with Crippen molar-refractivity contribution in [2.24, 2.45) is 0 Å². The van der Waals surface area contributed by atoms with Crippen LogP contribution in [0.5, 0.6) is 0 Å². The second-order valence-corrected chi connectivity index (χ2v) is 6.27. The van der Waals surface area contributed by atoms with E-state index in [9.17, 15) is 4.79 Å². The lowest BCUT2D eigenvalue weighted by Crippen LogP contribution is -2.34. The molecule has 25 heavy (non-hydrogen) atoms. The molecule has 2 heterocycles. The number of benzene rings is 1. The molecule has 0 bridgehead atoms. The van der Waals surface area contributed by atoms with Gasteiger partial charge in [0.05, 0.1) is 6.04 Å². The number of fused-ring (bicyclic) bond motifs is 1. The summed E-state index contributed by atoms with van der Waals surface area (Å²) in [6.07, 6.45) is 6.28. The van der Waals surface area contributed by atoms with Gasteiger partial charge < -0.3 is 4.90 Å². The van der Waals surface area contributed by atoms with Crippen molar-refractivity contribution in [3.63, 3.8) is 0 Å². The van der Waals surface area contributed by atoms with Gasteiger partial charge >= 0.3 is 0 Å². The molecule has 4 rings (SSSR count). The van der Waals surface area contributed by atoms with Crippen molar-refractivity contribution in [3.8, 4) is 5.82 Å². The maximum absolute atomic E-state index is 13.0. The van der Waals surface area contributed by atoms with Crippen LogP contribution < -0.4 is 0 Å². The van der Waals surface area contributed by atoms with Gasteiger partial charge in [-0.1, -0.05) is 30.3 Å². The molecule has 126 valence electrons. The first-order valence-corrected chi connectivity index (χ1v) is 8.41. The minimum atomic E-state index is -0.0726. The number of pyridine rings is 1. The minimum Gasteiger partial charge on any atom is -0.333 e. The second kappa shape index (κ2) is 6.47. The Balaban J connectivity index is 1.62. The van der Waals surface area contributed by atoms with Gasteiger partial charge in [-0.15, -0.1) is 10.2 Å². The summed E-state index contributed by atoms with van der Waals surface area (Å²) >= 11 is 0. The van der Waals surface area contributed by atoms with E-state index in [1.54, 1.807) is 23.3 Å². The summed E-state index contributed by atoms with van der Waals surface area (Å²) in [6, 6.07) is 13.9. The maximum atomic E-state index is 13.0. The molecule has 6 heteroatoms. The molecule has 1 aromatic carbocycles. The third-order valence-electron chi connectivity index (χ3n) is 4.76. The molecule has 0 saturated heterocycles. The first-order valence-electron chi connectivity index (χ1n) is 8.41. The zero-order chi connectivity index (χ0) is 17.2. The predicted octanol–water partition coefficient (Wildman–Crippen LogP) is 2.81. The highest BCUT2D eigenvalue weighted by Crippen LogP contribution is 2.34. The summed E-state index contributed by atoms with van der Waals surface area (Å²) in [5.74, 6) is 0.560. The Labute approximate surface area is 146 Å². The zero-order valence-corrected chi connectivity index (χ0v) is 14.0. The van der Waals surface area contributed by atoms with Crippen molar-refractivity contribution in [3.05, 3.63) is 71.9 Å². The van der Waals surface area contributed by atoms with Gasteiger partial charge in [0.15, 0.2) is 0 Å². The highest BCUT2D eigenvalue weighted by atomic mass is 16.2. The molecule has 0 unspecified atom stereocenters. The number of amides is 1. The smallest absolute Gasteiger partial charge is 0.272 e. The number of hydrogen-bond donors (Lipinski definition) is 0. The summed E-state index contributed by atoms with van der Waals surface area (Å²) < 4.78 is 1.69. The fourth-order valence-electron chi connectivity index (χ4n) is 3.46. The van der Waals surface area contributed by atoms with E-state index >= 15 is 0 Å². The van der Waals surface area contributed by atoms with Gasteiger partial charge in [-0.25, -0.2) is 4.98 Å². The Morgan fingerprint density at radius 2 is 1.92 bits per heavy atom. The average molecular weight is 333 g/mol. The molecule has 0 spiro atoms. The van der Waals surface area contributed by atoms with Crippen LogP contribution in [0.1, 0.15) is 40.5 Å². The van der Waals surface area contributed by atoms with E-state index in [-0.39, 0.29) is 11.9 Å². The Hall–Kier alpha value is -3.02. The summed E-state index contributed by atoms with van der Waals surface area (Å²) in [6.45, 7) is 0. The van der Waals surface area contributed by atoms with E-state index in [2.05, 4.69) is 33.4 Å². The fraction of sp³-hybridized carbons (Fsp3) is 0.263. The lowest BCUT2D eigenvalue weighted by molar-refractivity contribution is 0.0709. The van der Waals surface area contributed by atoms with E-state index in [4.69, 9.17) is 0 Å². The van der Waals surface area contributed by atoms with E-state index in [1.807, 2.05) is 30.1 Å². The number of hydrogen-bond acceptors (Lipinski definition) is 4. The van der Waals surface area contributed by atoms with Crippen LogP contribution in [0.4, 0.5) is 0 Å². The number of aryl methyl sites for hydroxylation is 1. The van der Waals surface area contributed by atoms with E-state index in [1.165, 1.54) is 11.1 Å². The third-order valence-corrected chi connectivity index (χ3v) is 4.76. The number of carbonyl (C=O) groups excluding carboxylic acids is 1. The highest BCUT2D eigenvalue weighted by Gasteiger charge is 2.27. The molecule has 0 fully saturated rings. The van der Waals surface area contributed by atoms with Crippen LogP contribution in [-0.4, -0.2) is 37.6 Å². The topological polar surface area (TPSA) is 63.9 Å². The van der Waals surface area contributed by atoms with Crippen molar-refractivity contribution in [2.45, 2.75) is 25.3 Å². The molecule has 1 aliphatic rings. The Kier molecular flexibility index (Phi) is 4.01. The largest absolute Gasteiger partial charge is 0.333 e. The van der Waals surface area contributed by atoms with E-state index in [0.29, 0.717) is 11.5 Å². The molecule has 6 nitrogen and oxygen atoms in total. The first kappa shape index (κ1) is 15.5. The number of rotatable bonds is 3. The molecular weight excluding hydrogens is 314 g/mol. The SMILES string of the molecule is CN(C(=O)c1cccc(-n2cnnc2)n1)[C@@H]1CCCc2ccccc21. The number of nitrogens with zero attached hydrogens (tertiary/aromatic N) is 5. The number of aromatic nitrogens is 4. The molecular formula is C19H19N5O. The van der Waals surface area contributed by atoms with E-state index in [0.717, 1.165) is 19.3 Å². The molecule has 1 atom stereocenters. The lowest BCUT2D eigenvalue weighted by atomic mass is 9.87. The van der Waals surface area contributed by atoms with Crippen molar-refractivity contribution in [1.29, 1.82) is 0 Å². The van der Waals surface area contributed by atoms with Gasteiger partial charge in [0.1, 0.15) is 24.2 Å². The standard InChI is InChI=1S/C19H19N5O/c1-23(17-10-4-7-14-6-2-3-8-15(14)17)19(25)16-9-5-11-18(22-16)24-12-20-21-13-24/h2-3,5-6,8-9,11-13,17H,4,7,10H2,1H3/t17-/m1/s1. The van der Waals surface area contributed by atoms with Gasteiger partial charge in [0.25, 0.3) is 5.91 Å². The Morgan fingerprint density at radius 3 is 2.76 bits per heavy atom. The van der Waals surface area contributed by atoms with Crippen molar-refractivity contribution >= 4 is 5.91 Å². The molecule has 0 saturated carbocycles. The molecule has 2 aromatic heterocycles. The van der Waals surface area contributed by atoms with Crippen LogP contribution in [0.3, 0.4) is 0 Å². The number of carbonyl (C=O) groups is 1. The maximum Gasteiger partial charge on any atom is 0.272 e. The Bertz CT molecular complexity index is 890. The molecule has 1 amide bonds. The fourth-order valence-corrected chi connectivity index (χ4v) is 3.46. The quantitative estimate of drug-likeness (QED) is 0.739. The Morgan fingerprint density at radius 1 is 1.12 bits per heavy atom. The predicted molar refractivity (Wildman–Crippen MR) is 93.4 cm³/mol. The summed E-state index contributed by atoms with van der Waals surface area (Å²) in [4.78, 5) is 19.3.